The fraction of sp³-hybridized carbons (Fsp3) is 0.0952. The lowest BCUT2D eigenvalue weighted by Gasteiger charge is -2.08. The molecule has 0 aromatic carbocycles. The monoisotopic (exact) mass is 416 g/mol. The Balaban J connectivity index is 1.56. The highest BCUT2D eigenvalue weighted by molar-refractivity contribution is 7.12. The Labute approximate surface area is 175 Å². The molecule has 0 aliphatic heterocycles. The molecule has 0 fully saturated rings. The summed E-state index contributed by atoms with van der Waals surface area (Å²) in [4.78, 5) is 21.5. The van der Waals surface area contributed by atoms with Crippen LogP contribution in [0.1, 0.15) is 5.69 Å². The predicted molar refractivity (Wildman–Crippen MR) is 113 cm³/mol. The van der Waals surface area contributed by atoms with Gasteiger partial charge in [-0.25, -0.2) is 9.97 Å². The standard InChI is InChI=1S/C21H16N6O2S/c1-13-19(15-8-18(30-12-15)29-16-10-24-21(28-2)25-11-16)27-17(5-7-23-20(27)26-13)14-4-3-6-22-9-14/h3-12H,1-2H3. The SMILES string of the molecule is COc1ncc(Oc2cc(-c3c(C)nc4nccc(-c5cccnc5)n34)cs2)cn1. The van der Waals surface area contributed by atoms with E-state index in [0.29, 0.717) is 17.5 Å². The minimum atomic E-state index is 0.297. The molecule has 5 heterocycles. The zero-order valence-corrected chi connectivity index (χ0v) is 17.0. The average Bonchev–Trinajstić information content (AvgIpc) is 3.37. The topological polar surface area (TPSA) is 87.3 Å². The first kappa shape index (κ1) is 18.2. The summed E-state index contributed by atoms with van der Waals surface area (Å²) < 4.78 is 12.9. The number of fused-ring (bicyclic) bond motifs is 1. The van der Waals surface area contributed by atoms with Gasteiger partial charge in [0.1, 0.15) is 0 Å². The van der Waals surface area contributed by atoms with Crippen molar-refractivity contribution in [3.05, 3.63) is 66.3 Å². The zero-order chi connectivity index (χ0) is 20.5. The molecular formula is C21H16N6O2S. The van der Waals surface area contributed by atoms with Gasteiger partial charge in [0, 0.05) is 41.2 Å². The van der Waals surface area contributed by atoms with Crippen molar-refractivity contribution in [2.75, 3.05) is 7.11 Å². The van der Waals surface area contributed by atoms with Gasteiger partial charge in [-0.3, -0.25) is 9.38 Å². The third kappa shape index (κ3) is 3.25. The molecule has 0 unspecified atom stereocenters. The molecule has 0 radical (unpaired) electrons. The van der Waals surface area contributed by atoms with E-state index in [2.05, 4.69) is 29.3 Å². The van der Waals surface area contributed by atoms with Gasteiger partial charge in [0.2, 0.25) is 5.78 Å². The van der Waals surface area contributed by atoms with Crippen molar-refractivity contribution in [2.24, 2.45) is 0 Å². The van der Waals surface area contributed by atoms with Crippen LogP contribution in [0.15, 0.2) is 60.6 Å². The Hall–Kier alpha value is -3.85. The van der Waals surface area contributed by atoms with Gasteiger partial charge in [-0.15, -0.1) is 11.3 Å². The molecule has 5 rings (SSSR count). The summed E-state index contributed by atoms with van der Waals surface area (Å²) in [6.45, 7) is 1.98. The molecule has 0 aliphatic carbocycles. The first-order valence-corrected chi connectivity index (χ1v) is 9.98. The summed E-state index contributed by atoms with van der Waals surface area (Å²) in [7, 11) is 1.52. The maximum atomic E-state index is 5.91. The summed E-state index contributed by atoms with van der Waals surface area (Å²) in [5, 5.41) is 2.76. The number of aryl methyl sites for hydroxylation is 1. The van der Waals surface area contributed by atoms with Gasteiger partial charge < -0.3 is 9.47 Å². The van der Waals surface area contributed by atoms with E-state index < -0.39 is 0 Å². The largest absolute Gasteiger partial charge is 0.467 e. The van der Waals surface area contributed by atoms with Crippen LogP contribution in [-0.4, -0.2) is 36.4 Å². The molecule has 148 valence electrons. The molecule has 0 N–H and O–H groups in total. The number of thiophene rings is 1. The summed E-state index contributed by atoms with van der Waals surface area (Å²) in [5.74, 6) is 1.18. The molecule has 0 saturated heterocycles. The first-order valence-electron chi connectivity index (χ1n) is 9.10. The van der Waals surface area contributed by atoms with Gasteiger partial charge in [-0.2, -0.15) is 9.97 Å². The van der Waals surface area contributed by atoms with Crippen LogP contribution in [0.25, 0.3) is 28.3 Å². The van der Waals surface area contributed by atoms with Crippen LogP contribution in [0, 0.1) is 6.92 Å². The lowest BCUT2D eigenvalue weighted by atomic mass is 10.1. The summed E-state index contributed by atoms with van der Waals surface area (Å²) in [6.07, 6.45) is 8.51. The number of hydrogen-bond donors (Lipinski definition) is 0. The van der Waals surface area contributed by atoms with Crippen molar-refractivity contribution in [3.8, 4) is 39.3 Å². The summed E-state index contributed by atoms with van der Waals surface area (Å²) >= 11 is 1.49. The fourth-order valence-corrected chi connectivity index (χ4v) is 3.99. The molecule has 5 aromatic rings. The second kappa shape index (κ2) is 7.53. The van der Waals surface area contributed by atoms with E-state index in [1.165, 1.54) is 18.4 Å². The number of rotatable bonds is 5. The molecule has 30 heavy (non-hydrogen) atoms. The smallest absolute Gasteiger partial charge is 0.316 e. The van der Waals surface area contributed by atoms with E-state index in [1.807, 2.05) is 42.8 Å². The number of ether oxygens (including phenoxy) is 2. The molecule has 0 aliphatic rings. The third-order valence-corrected chi connectivity index (χ3v) is 5.31. The van der Waals surface area contributed by atoms with Gasteiger partial charge in [-0.1, -0.05) is 0 Å². The van der Waals surface area contributed by atoms with Crippen LogP contribution >= 0.6 is 11.3 Å². The molecular weight excluding hydrogens is 400 g/mol. The predicted octanol–water partition coefficient (Wildman–Crippen LogP) is 4.42. The van der Waals surface area contributed by atoms with Crippen LogP contribution in [0.5, 0.6) is 16.8 Å². The highest BCUT2D eigenvalue weighted by atomic mass is 32.1. The van der Waals surface area contributed by atoms with Crippen molar-refractivity contribution < 1.29 is 9.47 Å². The maximum absolute atomic E-state index is 5.91. The molecule has 0 atom stereocenters. The van der Waals surface area contributed by atoms with Crippen molar-refractivity contribution >= 4 is 17.1 Å². The molecule has 8 nitrogen and oxygen atoms in total. The van der Waals surface area contributed by atoms with Crippen LogP contribution in [-0.2, 0) is 0 Å². The van der Waals surface area contributed by atoms with Crippen molar-refractivity contribution in [1.29, 1.82) is 0 Å². The number of aromatic nitrogens is 6. The number of hydrogen-bond acceptors (Lipinski definition) is 8. The maximum Gasteiger partial charge on any atom is 0.316 e. The van der Waals surface area contributed by atoms with Gasteiger partial charge in [-0.05, 0) is 25.1 Å². The van der Waals surface area contributed by atoms with E-state index in [1.54, 1.807) is 24.8 Å². The summed E-state index contributed by atoms with van der Waals surface area (Å²) in [5.41, 5.74) is 4.81. The Morgan fingerprint density at radius 2 is 1.87 bits per heavy atom. The quantitative estimate of drug-likeness (QED) is 0.419. The molecule has 0 spiro atoms. The summed E-state index contributed by atoms with van der Waals surface area (Å²) in [6, 6.07) is 8.18. The number of imidazole rings is 1. The fourth-order valence-electron chi connectivity index (χ4n) is 3.23. The minimum Gasteiger partial charge on any atom is -0.467 e. The van der Waals surface area contributed by atoms with Crippen molar-refractivity contribution in [1.82, 2.24) is 29.3 Å². The lowest BCUT2D eigenvalue weighted by molar-refractivity contribution is 0.376. The van der Waals surface area contributed by atoms with Gasteiger partial charge >= 0.3 is 6.01 Å². The van der Waals surface area contributed by atoms with Crippen LogP contribution < -0.4 is 9.47 Å². The highest BCUT2D eigenvalue weighted by Gasteiger charge is 2.17. The van der Waals surface area contributed by atoms with E-state index in [-0.39, 0.29) is 0 Å². The van der Waals surface area contributed by atoms with Crippen LogP contribution in [0.3, 0.4) is 0 Å². The first-order chi connectivity index (χ1) is 14.7. The number of nitrogens with zero attached hydrogens (tertiary/aromatic N) is 6. The van der Waals surface area contributed by atoms with Gasteiger partial charge in [0.15, 0.2) is 10.8 Å². The average molecular weight is 416 g/mol. The Morgan fingerprint density at radius 3 is 2.63 bits per heavy atom. The lowest BCUT2D eigenvalue weighted by Crippen LogP contribution is -1.96. The Morgan fingerprint density at radius 1 is 1.00 bits per heavy atom. The van der Waals surface area contributed by atoms with Gasteiger partial charge in [0.05, 0.1) is 36.6 Å². The molecule has 0 saturated carbocycles. The Kier molecular flexibility index (Phi) is 4.56. The second-order valence-electron chi connectivity index (χ2n) is 6.41. The van der Waals surface area contributed by atoms with E-state index >= 15 is 0 Å². The van der Waals surface area contributed by atoms with Crippen molar-refractivity contribution in [2.45, 2.75) is 6.92 Å². The van der Waals surface area contributed by atoms with Crippen LogP contribution in [0.2, 0.25) is 0 Å². The molecule has 5 aromatic heterocycles. The highest BCUT2D eigenvalue weighted by Crippen LogP contribution is 2.36. The zero-order valence-electron chi connectivity index (χ0n) is 16.2. The van der Waals surface area contributed by atoms with Crippen LogP contribution in [0.4, 0.5) is 0 Å². The molecule has 9 heteroatoms. The normalized spacial score (nSPS) is 11.0. The van der Waals surface area contributed by atoms with Gasteiger partial charge in [0.25, 0.3) is 0 Å². The molecule has 0 bridgehead atoms. The minimum absolute atomic E-state index is 0.297. The second-order valence-corrected chi connectivity index (χ2v) is 7.29. The third-order valence-electron chi connectivity index (χ3n) is 4.51. The number of methoxy groups -OCH3 is 1. The number of pyridine rings is 1. The van der Waals surface area contributed by atoms with E-state index in [9.17, 15) is 0 Å². The van der Waals surface area contributed by atoms with Crippen molar-refractivity contribution in [3.63, 3.8) is 0 Å². The molecule has 0 amide bonds. The Bertz CT molecular complexity index is 1310. The van der Waals surface area contributed by atoms with E-state index in [4.69, 9.17) is 9.47 Å². The van der Waals surface area contributed by atoms with E-state index in [0.717, 1.165) is 33.3 Å².